The largest absolute Gasteiger partial charge is 0.497 e. The van der Waals surface area contributed by atoms with Gasteiger partial charge in [0.05, 0.1) is 20.8 Å². The molecule has 2 aromatic carbocycles. The fraction of sp³-hybridized carbons (Fsp3) is 0.286. The maximum absolute atomic E-state index is 12.4. The van der Waals surface area contributed by atoms with Gasteiger partial charge in [-0.3, -0.25) is 9.79 Å². The zero-order valence-corrected chi connectivity index (χ0v) is 19.6. The van der Waals surface area contributed by atoms with Gasteiger partial charge in [0.25, 0.3) is 0 Å². The molecule has 0 saturated heterocycles. The molecule has 0 aromatic heterocycles. The van der Waals surface area contributed by atoms with E-state index >= 15 is 0 Å². The summed E-state index contributed by atoms with van der Waals surface area (Å²) in [7, 11) is 3.30. The van der Waals surface area contributed by atoms with Crippen LogP contribution >= 0.6 is 0 Å². The number of carbonyl (C=O) groups is 1. The second-order valence-corrected chi connectivity index (χ2v) is 8.01. The highest BCUT2D eigenvalue weighted by atomic mass is 16.5. The quantitative estimate of drug-likeness (QED) is 0.374. The van der Waals surface area contributed by atoms with Crippen LogP contribution in [0.5, 0.6) is 11.5 Å². The molecule has 1 N–H and O–H groups in total. The maximum atomic E-state index is 12.4. The van der Waals surface area contributed by atoms with Crippen molar-refractivity contribution in [2.24, 2.45) is 4.99 Å². The molecule has 3 rings (SSSR count). The Bertz CT molecular complexity index is 982. The molecule has 0 aliphatic carbocycles. The predicted octanol–water partition coefficient (Wildman–Crippen LogP) is 5.38. The van der Waals surface area contributed by atoms with E-state index in [1.165, 1.54) is 5.57 Å². The normalized spacial score (nSPS) is 13.5. The summed E-state index contributed by atoms with van der Waals surface area (Å²) < 4.78 is 10.6. The SMILES string of the molecule is COc1ccc(C(=CC=CC(=O)N[C@H](C)CCCC2=CC=NC2)c2ccc(OC)cc2)cc1. The zero-order valence-electron chi connectivity index (χ0n) is 19.6. The molecule has 1 amide bonds. The monoisotopic (exact) mass is 444 g/mol. The number of hydrogen-bond donors (Lipinski definition) is 1. The first-order valence-corrected chi connectivity index (χ1v) is 11.2. The van der Waals surface area contributed by atoms with Gasteiger partial charge in [-0.25, -0.2) is 0 Å². The average Bonchev–Trinajstić information content (AvgIpc) is 3.36. The molecule has 0 bridgehead atoms. The van der Waals surface area contributed by atoms with E-state index in [-0.39, 0.29) is 11.9 Å². The second-order valence-electron chi connectivity index (χ2n) is 8.01. The predicted molar refractivity (Wildman–Crippen MR) is 135 cm³/mol. The van der Waals surface area contributed by atoms with Gasteiger partial charge in [-0.2, -0.15) is 0 Å². The number of benzene rings is 2. The van der Waals surface area contributed by atoms with Crippen molar-refractivity contribution in [1.29, 1.82) is 0 Å². The number of nitrogens with one attached hydrogen (secondary N) is 1. The number of rotatable bonds is 11. The topological polar surface area (TPSA) is 59.9 Å². The van der Waals surface area contributed by atoms with Gasteiger partial charge >= 0.3 is 0 Å². The number of nitrogens with zero attached hydrogens (tertiary/aromatic N) is 1. The lowest BCUT2D eigenvalue weighted by Gasteiger charge is -2.12. The Morgan fingerprint density at radius 3 is 2.15 bits per heavy atom. The molecule has 172 valence electrons. The number of carbonyl (C=O) groups excluding carboxylic acids is 1. The fourth-order valence-electron chi connectivity index (χ4n) is 3.67. The van der Waals surface area contributed by atoms with Gasteiger partial charge < -0.3 is 14.8 Å². The van der Waals surface area contributed by atoms with Crippen LogP contribution in [0.2, 0.25) is 0 Å². The van der Waals surface area contributed by atoms with E-state index < -0.39 is 0 Å². The Morgan fingerprint density at radius 1 is 1.03 bits per heavy atom. The first-order valence-electron chi connectivity index (χ1n) is 11.2. The molecular formula is C28H32N2O3. The summed E-state index contributed by atoms with van der Waals surface area (Å²) in [5, 5.41) is 3.05. The van der Waals surface area contributed by atoms with Crippen LogP contribution < -0.4 is 14.8 Å². The van der Waals surface area contributed by atoms with Crippen LogP contribution in [0.1, 0.15) is 37.3 Å². The molecular weight excluding hydrogens is 412 g/mol. The van der Waals surface area contributed by atoms with E-state index in [1.807, 2.05) is 67.7 Å². The highest BCUT2D eigenvalue weighted by Crippen LogP contribution is 2.27. The van der Waals surface area contributed by atoms with Gasteiger partial charge in [0.1, 0.15) is 11.5 Å². The van der Waals surface area contributed by atoms with Gasteiger partial charge in [0, 0.05) is 18.3 Å². The van der Waals surface area contributed by atoms with Crippen LogP contribution in [0.3, 0.4) is 0 Å². The number of amides is 1. The number of allylic oxidation sites excluding steroid dienone is 3. The average molecular weight is 445 g/mol. The van der Waals surface area contributed by atoms with E-state index in [0.29, 0.717) is 0 Å². The van der Waals surface area contributed by atoms with Gasteiger partial charge in [0.15, 0.2) is 0 Å². The highest BCUT2D eigenvalue weighted by Gasteiger charge is 2.08. The van der Waals surface area contributed by atoms with E-state index in [0.717, 1.165) is 54.0 Å². The van der Waals surface area contributed by atoms with Crippen LogP contribution in [0, 0.1) is 0 Å². The minimum atomic E-state index is -0.0917. The second kappa shape index (κ2) is 12.4. The van der Waals surface area contributed by atoms with E-state index in [1.54, 1.807) is 26.4 Å². The fourth-order valence-corrected chi connectivity index (χ4v) is 3.67. The molecule has 0 fully saturated rings. The first kappa shape index (κ1) is 24.1. The summed E-state index contributed by atoms with van der Waals surface area (Å²) in [5.74, 6) is 1.51. The Hall–Kier alpha value is -3.60. The Balaban J connectivity index is 1.64. The van der Waals surface area contributed by atoms with Crippen LogP contribution in [0.15, 0.2) is 83.4 Å². The maximum Gasteiger partial charge on any atom is 0.244 e. The molecule has 2 aromatic rings. The summed E-state index contributed by atoms with van der Waals surface area (Å²) >= 11 is 0. The van der Waals surface area contributed by atoms with Crippen LogP contribution in [-0.2, 0) is 4.79 Å². The third-order valence-electron chi connectivity index (χ3n) is 5.55. The minimum Gasteiger partial charge on any atom is -0.497 e. The van der Waals surface area contributed by atoms with Crippen molar-refractivity contribution in [2.75, 3.05) is 20.8 Å². The van der Waals surface area contributed by atoms with Crippen molar-refractivity contribution in [3.05, 3.63) is 89.5 Å². The number of ether oxygens (including phenoxy) is 2. The molecule has 0 spiro atoms. The molecule has 5 heteroatoms. The van der Waals surface area contributed by atoms with Crippen LogP contribution in [0.4, 0.5) is 0 Å². The van der Waals surface area contributed by atoms with Crippen molar-refractivity contribution < 1.29 is 14.3 Å². The van der Waals surface area contributed by atoms with Gasteiger partial charge in [0.2, 0.25) is 5.91 Å². The Morgan fingerprint density at radius 2 is 1.64 bits per heavy atom. The smallest absolute Gasteiger partial charge is 0.244 e. The van der Waals surface area contributed by atoms with Crippen LogP contribution in [-0.4, -0.2) is 38.9 Å². The lowest BCUT2D eigenvalue weighted by molar-refractivity contribution is -0.117. The number of hydrogen-bond acceptors (Lipinski definition) is 4. The van der Waals surface area contributed by atoms with Crippen molar-refractivity contribution in [3.8, 4) is 11.5 Å². The summed E-state index contributed by atoms with van der Waals surface area (Å²) in [6.45, 7) is 2.86. The van der Waals surface area contributed by atoms with Gasteiger partial charge in [-0.1, -0.05) is 36.4 Å². The lowest BCUT2D eigenvalue weighted by Crippen LogP contribution is -2.30. The van der Waals surface area contributed by atoms with Crippen molar-refractivity contribution in [1.82, 2.24) is 5.32 Å². The molecule has 1 aliphatic rings. The van der Waals surface area contributed by atoms with Gasteiger partial charge in [-0.15, -0.1) is 0 Å². The van der Waals surface area contributed by atoms with E-state index in [9.17, 15) is 4.79 Å². The van der Waals surface area contributed by atoms with Crippen LogP contribution in [0.25, 0.3) is 5.57 Å². The molecule has 0 saturated carbocycles. The summed E-state index contributed by atoms with van der Waals surface area (Å²) in [6, 6.07) is 15.9. The molecule has 5 nitrogen and oxygen atoms in total. The Labute approximate surface area is 196 Å². The first-order chi connectivity index (χ1) is 16.1. The lowest BCUT2D eigenvalue weighted by atomic mass is 9.97. The van der Waals surface area contributed by atoms with Gasteiger partial charge in [-0.05, 0) is 78.8 Å². The molecule has 0 unspecified atom stereocenters. The summed E-state index contributed by atoms with van der Waals surface area (Å²) in [6.07, 6.45) is 12.3. The third kappa shape index (κ3) is 7.49. The number of aliphatic imine (C=N–C) groups is 1. The summed E-state index contributed by atoms with van der Waals surface area (Å²) in [5.41, 5.74) is 4.43. The van der Waals surface area contributed by atoms with E-state index in [2.05, 4.69) is 16.4 Å². The zero-order chi connectivity index (χ0) is 23.5. The molecule has 1 atom stereocenters. The minimum absolute atomic E-state index is 0.0917. The Kier molecular flexibility index (Phi) is 9.07. The number of methoxy groups -OCH3 is 2. The standard InChI is InChI=1S/C28H32N2O3/c1-21(6-4-7-22-18-19-29-20-22)30-28(31)9-5-8-27(23-10-14-25(32-2)15-11-23)24-12-16-26(33-3)17-13-24/h5,8-19,21H,4,6-7,20H2,1-3H3,(H,30,31)/t21-/m1/s1. The summed E-state index contributed by atoms with van der Waals surface area (Å²) in [4.78, 5) is 16.6. The van der Waals surface area contributed by atoms with E-state index in [4.69, 9.17) is 9.47 Å². The van der Waals surface area contributed by atoms with Crippen molar-refractivity contribution in [3.63, 3.8) is 0 Å². The van der Waals surface area contributed by atoms with Crippen molar-refractivity contribution in [2.45, 2.75) is 32.2 Å². The molecule has 33 heavy (non-hydrogen) atoms. The highest BCUT2D eigenvalue weighted by molar-refractivity contribution is 5.89. The molecule has 1 heterocycles. The third-order valence-corrected chi connectivity index (χ3v) is 5.55. The molecule has 0 radical (unpaired) electrons. The van der Waals surface area contributed by atoms with Crippen molar-refractivity contribution >= 4 is 17.7 Å². The molecule has 1 aliphatic heterocycles.